The van der Waals surface area contributed by atoms with Crippen LogP contribution < -0.4 is 0 Å². The number of fused-ring (bicyclic) bond motifs is 1. The zero-order chi connectivity index (χ0) is 10.3. The van der Waals surface area contributed by atoms with Crippen molar-refractivity contribution >= 4 is 18.9 Å². The molecule has 0 aliphatic carbocycles. The van der Waals surface area contributed by atoms with E-state index in [2.05, 4.69) is 63.7 Å². The Hall–Kier alpha value is -1.18. The number of rotatable bonds is 0. The minimum absolute atomic E-state index is 0.214. The Morgan fingerprint density at radius 3 is 2.50 bits per heavy atom. The van der Waals surface area contributed by atoms with E-state index in [1.807, 2.05) is 0 Å². The lowest BCUT2D eigenvalue weighted by Gasteiger charge is -2.21. The molecule has 0 fully saturated rings. The van der Waals surface area contributed by atoms with Crippen LogP contribution in [0.15, 0.2) is 30.5 Å². The summed E-state index contributed by atoms with van der Waals surface area (Å²) in [6.07, 6.45) is 2.12. The fraction of sp³-hybridized carbons (Fsp3) is 0.333. The van der Waals surface area contributed by atoms with Gasteiger partial charge < -0.3 is 4.48 Å². The van der Waals surface area contributed by atoms with Gasteiger partial charge in [0, 0.05) is 5.52 Å². The third kappa shape index (κ3) is 1.35. The summed E-state index contributed by atoms with van der Waals surface area (Å²) >= 11 is 0. The van der Waals surface area contributed by atoms with Gasteiger partial charge >= 0.3 is 0 Å². The van der Waals surface area contributed by atoms with Crippen molar-refractivity contribution in [2.45, 2.75) is 26.2 Å². The number of benzene rings is 1. The molecule has 0 saturated carbocycles. The summed E-state index contributed by atoms with van der Waals surface area (Å²) in [6, 6.07) is 8.71. The molecular weight excluding hydrogens is 169 g/mol. The Kier molecular flexibility index (Phi) is 1.95. The molecule has 2 heteroatoms. The van der Waals surface area contributed by atoms with Crippen LogP contribution in [-0.4, -0.2) is 12.5 Å². The molecule has 0 aliphatic rings. The van der Waals surface area contributed by atoms with E-state index in [9.17, 15) is 0 Å². The zero-order valence-corrected chi connectivity index (χ0v) is 9.33. The largest absolute Gasteiger partial charge is 0.399 e. The van der Waals surface area contributed by atoms with Crippen molar-refractivity contribution < 1.29 is 0 Å². The van der Waals surface area contributed by atoms with Gasteiger partial charge in [0.15, 0.2) is 0 Å². The van der Waals surface area contributed by atoms with Crippen molar-refractivity contribution in [3.63, 3.8) is 0 Å². The van der Waals surface area contributed by atoms with Gasteiger partial charge in [-0.1, -0.05) is 39.0 Å². The fourth-order valence-corrected chi connectivity index (χ4v) is 1.96. The van der Waals surface area contributed by atoms with Crippen LogP contribution in [0.1, 0.15) is 26.3 Å². The summed E-state index contributed by atoms with van der Waals surface area (Å²) < 4.78 is 2.20. The lowest BCUT2D eigenvalue weighted by molar-refractivity contribution is 0.594. The second-order valence-electron chi connectivity index (χ2n) is 4.92. The molecule has 0 spiro atoms. The summed E-state index contributed by atoms with van der Waals surface area (Å²) in [5.74, 6) is 0. The predicted molar refractivity (Wildman–Crippen MR) is 64.6 cm³/mol. The molecule has 0 radical (unpaired) electrons. The third-order valence-electron chi connectivity index (χ3n) is 2.71. The van der Waals surface area contributed by atoms with Crippen LogP contribution in [0.5, 0.6) is 0 Å². The molecule has 2 aromatic rings. The van der Waals surface area contributed by atoms with Gasteiger partial charge in [-0.15, -0.1) is 0 Å². The van der Waals surface area contributed by atoms with E-state index in [4.69, 9.17) is 0 Å². The Balaban J connectivity index is 2.82. The smallest absolute Gasteiger partial charge is 0.223 e. The second-order valence-corrected chi connectivity index (χ2v) is 4.92. The molecule has 0 aliphatic heterocycles. The minimum Gasteiger partial charge on any atom is -0.399 e. The van der Waals surface area contributed by atoms with Crippen LogP contribution in [-0.2, 0) is 5.41 Å². The van der Waals surface area contributed by atoms with Crippen molar-refractivity contribution in [3.05, 3.63) is 36.0 Å². The Labute approximate surface area is 86.2 Å². The Bertz CT molecular complexity index is 463. The SMILES string of the molecule is Bn1ccc2cccc(C(C)(C)C)c21. The van der Waals surface area contributed by atoms with Crippen LogP contribution >= 0.6 is 0 Å². The van der Waals surface area contributed by atoms with Gasteiger partial charge in [-0.25, -0.2) is 0 Å². The molecule has 0 saturated heterocycles. The molecule has 0 unspecified atom stereocenters. The molecule has 1 aromatic carbocycles. The molecule has 14 heavy (non-hydrogen) atoms. The quantitative estimate of drug-likeness (QED) is 0.555. The summed E-state index contributed by atoms with van der Waals surface area (Å²) in [5, 5.41) is 1.33. The highest BCUT2D eigenvalue weighted by atomic mass is 14.8. The van der Waals surface area contributed by atoms with Crippen molar-refractivity contribution in [2.75, 3.05) is 0 Å². The third-order valence-corrected chi connectivity index (χ3v) is 2.71. The summed E-state index contributed by atoms with van der Waals surface area (Å²) in [5.41, 5.74) is 2.99. The van der Waals surface area contributed by atoms with E-state index in [0.29, 0.717) is 0 Å². The minimum atomic E-state index is 0.214. The van der Waals surface area contributed by atoms with Crippen LogP contribution in [0, 0.1) is 0 Å². The maximum atomic E-state index is 2.26. The molecule has 1 aromatic heterocycles. The van der Waals surface area contributed by atoms with Crippen LogP contribution in [0.2, 0.25) is 0 Å². The molecular formula is C12H16BN. The average molecular weight is 185 g/mol. The highest BCUT2D eigenvalue weighted by molar-refractivity contribution is 6.12. The summed E-state index contributed by atoms with van der Waals surface area (Å²) in [6.45, 7) is 6.78. The summed E-state index contributed by atoms with van der Waals surface area (Å²) in [7, 11) is 2.11. The van der Waals surface area contributed by atoms with E-state index in [0.717, 1.165) is 0 Å². The molecule has 1 nitrogen and oxygen atoms in total. The monoisotopic (exact) mass is 185 g/mol. The Morgan fingerprint density at radius 1 is 1.14 bits per heavy atom. The van der Waals surface area contributed by atoms with Gasteiger partial charge in [-0.3, -0.25) is 0 Å². The lowest BCUT2D eigenvalue weighted by atomic mass is 9.85. The molecule has 0 N–H and O–H groups in total. The highest BCUT2D eigenvalue weighted by Gasteiger charge is 2.17. The molecule has 72 valence electrons. The van der Waals surface area contributed by atoms with Crippen LogP contribution in [0.25, 0.3) is 10.9 Å². The maximum absolute atomic E-state index is 2.26. The normalized spacial score (nSPS) is 12.2. The number of nitrogens with zero attached hydrogens (tertiary/aromatic N) is 1. The van der Waals surface area contributed by atoms with Crippen molar-refractivity contribution in [2.24, 2.45) is 0 Å². The maximum Gasteiger partial charge on any atom is 0.223 e. The van der Waals surface area contributed by atoms with Gasteiger partial charge in [-0.2, -0.15) is 0 Å². The van der Waals surface area contributed by atoms with E-state index in [-0.39, 0.29) is 5.41 Å². The van der Waals surface area contributed by atoms with Crippen molar-refractivity contribution in [1.29, 1.82) is 0 Å². The fourth-order valence-electron chi connectivity index (χ4n) is 1.96. The van der Waals surface area contributed by atoms with Gasteiger partial charge in [0.1, 0.15) is 0 Å². The standard InChI is InChI=1S/C12H16BN/c1-12(2,3)10-6-4-5-9-7-8-14(13)11(9)10/h4-8H,13H2,1-3H3. The molecule has 0 bridgehead atoms. The Morgan fingerprint density at radius 2 is 1.86 bits per heavy atom. The second kappa shape index (κ2) is 2.91. The van der Waals surface area contributed by atoms with E-state index >= 15 is 0 Å². The first-order valence-electron chi connectivity index (χ1n) is 5.05. The number of hydrogen-bond donors (Lipinski definition) is 0. The zero-order valence-electron chi connectivity index (χ0n) is 9.33. The average Bonchev–Trinajstić information content (AvgIpc) is 2.46. The molecule has 2 rings (SSSR count). The first-order valence-corrected chi connectivity index (χ1v) is 5.05. The van der Waals surface area contributed by atoms with E-state index in [1.165, 1.54) is 16.5 Å². The van der Waals surface area contributed by atoms with Crippen molar-refractivity contribution in [3.8, 4) is 0 Å². The van der Waals surface area contributed by atoms with Crippen LogP contribution in [0.4, 0.5) is 0 Å². The van der Waals surface area contributed by atoms with Crippen LogP contribution in [0.3, 0.4) is 0 Å². The van der Waals surface area contributed by atoms with E-state index < -0.39 is 0 Å². The van der Waals surface area contributed by atoms with Gasteiger partial charge in [0.25, 0.3) is 0 Å². The number of aromatic nitrogens is 1. The summed E-state index contributed by atoms with van der Waals surface area (Å²) in [4.78, 5) is 0. The number of para-hydroxylation sites is 1. The lowest BCUT2D eigenvalue weighted by Crippen LogP contribution is -2.12. The van der Waals surface area contributed by atoms with Gasteiger partial charge in [0.2, 0.25) is 7.98 Å². The van der Waals surface area contributed by atoms with E-state index in [1.54, 1.807) is 0 Å². The topological polar surface area (TPSA) is 4.93 Å². The van der Waals surface area contributed by atoms with Crippen molar-refractivity contribution in [1.82, 2.24) is 4.48 Å². The van der Waals surface area contributed by atoms with Gasteiger partial charge in [0.05, 0.1) is 0 Å². The van der Waals surface area contributed by atoms with Gasteiger partial charge in [-0.05, 0) is 28.6 Å². The number of hydrogen-bond acceptors (Lipinski definition) is 0. The molecule has 1 heterocycles. The molecule has 0 amide bonds. The molecule has 0 atom stereocenters. The first-order chi connectivity index (χ1) is 6.50. The first kappa shape index (κ1) is 9.38. The predicted octanol–water partition coefficient (Wildman–Crippen LogP) is 2.33. The highest BCUT2D eigenvalue weighted by Crippen LogP contribution is 2.29.